The Hall–Kier alpha value is 0.600. The lowest BCUT2D eigenvalue weighted by molar-refractivity contribution is 1.11. The Balaban J connectivity index is 3.26. The van der Waals surface area contributed by atoms with Crippen molar-refractivity contribution in [3.05, 3.63) is 0 Å². The van der Waals surface area contributed by atoms with Crippen LogP contribution in [0.2, 0.25) is 0 Å². The van der Waals surface area contributed by atoms with E-state index >= 15 is 0 Å². The molecule has 0 aliphatic heterocycles. The lowest BCUT2D eigenvalue weighted by atomic mass is 10.6. The second kappa shape index (κ2) is 2.72. The van der Waals surface area contributed by atoms with Crippen molar-refractivity contribution in [2.24, 2.45) is 0 Å². The monoisotopic (exact) mass is 121 g/mol. The summed E-state index contributed by atoms with van der Waals surface area (Å²) in [5, 5.41) is 0. The quantitative estimate of drug-likeness (QED) is 0.467. The molecule has 0 aliphatic rings. The third kappa shape index (κ3) is 2.82. The molecule has 0 spiro atoms. The van der Waals surface area contributed by atoms with Gasteiger partial charge < -0.3 is 0 Å². The Labute approximate surface area is 42.8 Å². The van der Waals surface area contributed by atoms with Crippen LogP contribution in [0.3, 0.4) is 0 Å². The van der Waals surface area contributed by atoms with Crippen molar-refractivity contribution in [3.8, 4) is 0 Å². The van der Waals surface area contributed by atoms with Gasteiger partial charge in [0, 0.05) is 0 Å². The van der Waals surface area contributed by atoms with Gasteiger partial charge in [0.15, 0.2) is 0 Å². The van der Waals surface area contributed by atoms with Crippen molar-refractivity contribution in [2.75, 3.05) is 6.66 Å². The first-order chi connectivity index (χ1) is 2.64. The molecule has 0 saturated carbocycles. The first-order valence-electron chi connectivity index (χ1n) is 2.08. The van der Waals surface area contributed by atoms with Gasteiger partial charge >= 0.3 is 0 Å². The minimum Gasteiger partial charge on any atom is -0.0215 e. The van der Waals surface area contributed by atoms with Crippen molar-refractivity contribution in [1.82, 2.24) is 0 Å². The molecular formula is C4H11P2+. The Bertz CT molecular complexity index is 56.6. The molecule has 0 rings (SSSR count). The minimum absolute atomic E-state index is 0.146. The summed E-state index contributed by atoms with van der Waals surface area (Å²) in [5.41, 5.74) is 0.830. The SMILES string of the molecule is CC(C)[P+](C)=P. The van der Waals surface area contributed by atoms with Gasteiger partial charge in [0.2, 0.25) is 0 Å². The van der Waals surface area contributed by atoms with Crippen LogP contribution in [0.5, 0.6) is 0 Å². The zero-order valence-corrected chi connectivity index (χ0v) is 6.42. The van der Waals surface area contributed by atoms with Gasteiger partial charge in [0.25, 0.3) is 0 Å². The Morgan fingerprint density at radius 2 is 1.67 bits per heavy atom. The molecule has 1 atom stereocenters. The summed E-state index contributed by atoms with van der Waals surface area (Å²) in [4.78, 5) is 0. The van der Waals surface area contributed by atoms with E-state index in [1.165, 1.54) is 0 Å². The van der Waals surface area contributed by atoms with Gasteiger partial charge in [-0.15, -0.1) is 0 Å². The van der Waals surface area contributed by atoms with E-state index in [1.807, 2.05) is 0 Å². The van der Waals surface area contributed by atoms with E-state index in [4.69, 9.17) is 0 Å². The summed E-state index contributed by atoms with van der Waals surface area (Å²) >= 11 is 0. The Morgan fingerprint density at radius 3 is 1.67 bits per heavy atom. The highest BCUT2D eigenvalue weighted by molar-refractivity contribution is 7.86. The largest absolute Gasteiger partial charge is 0.113 e. The smallest absolute Gasteiger partial charge is 0.0215 e. The number of hydrogen-bond donors (Lipinski definition) is 0. The van der Waals surface area contributed by atoms with Gasteiger partial charge in [-0.25, -0.2) is 0 Å². The molecule has 0 fully saturated rings. The van der Waals surface area contributed by atoms with E-state index in [9.17, 15) is 0 Å². The summed E-state index contributed by atoms with van der Waals surface area (Å²) in [6, 6.07) is 0. The molecule has 0 nitrogen and oxygen atoms in total. The molecule has 0 aromatic heterocycles. The molecule has 0 aromatic carbocycles. The highest BCUT2D eigenvalue weighted by Gasteiger charge is 2.01. The molecule has 0 aliphatic carbocycles. The van der Waals surface area contributed by atoms with E-state index < -0.39 is 0 Å². The zero-order valence-electron chi connectivity index (χ0n) is 4.52. The van der Waals surface area contributed by atoms with Crippen LogP contribution in [0.15, 0.2) is 0 Å². The van der Waals surface area contributed by atoms with Crippen LogP contribution >= 0.6 is 15.7 Å². The second-order valence-corrected chi connectivity index (χ2v) is 6.08. The summed E-state index contributed by atoms with van der Waals surface area (Å²) in [5.74, 6) is 0. The van der Waals surface area contributed by atoms with Crippen molar-refractivity contribution in [3.63, 3.8) is 0 Å². The Kier molecular flexibility index (Phi) is 2.99. The minimum atomic E-state index is 0.146. The first-order valence-corrected chi connectivity index (χ1v) is 5.28. The molecular weight excluding hydrogens is 110 g/mol. The maximum atomic E-state index is 3.55. The third-order valence-corrected chi connectivity index (χ3v) is 3.87. The van der Waals surface area contributed by atoms with Crippen molar-refractivity contribution in [1.29, 1.82) is 0 Å². The lowest BCUT2D eigenvalue weighted by Crippen LogP contribution is -1.79. The van der Waals surface area contributed by atoms with E-state index in [0.717, 1.165) is 5.66 Å². The molecule has 0 amide bonds. The highest BCUT2D eigenvalue weighted by Crippen LogP contribution is 2.27. The maximum Gasteiger partial charge on any atom is 0.113 e. The fourth-order valence-electron chi connectivity index (χ4n) is 0. The molecule has 0 bridgehead atoms. The number of hydrogen-bond acceptors (Lipinski definition) is 0. The van der Waals surface area contributed by atoms with Gasteiger partial charge in [-0.05, 0) is 13.8 Å². The van der Waals surface area contributed by atoms with Gasteiger partial charge in [-0.3, -0.25) is 0 Å². The van der Waals surface area contributed by atoms with Crippen LogP contribution in [-0.4, -0.2) is 12.3 Å². The normalized spacial score (nSPS) is 12.3. The average molecular weight is 121 g/mol. The predicted octanol–water partition coefficient (Wildman–Crippen LogP) is 2.56. The van der Waals surface area contributed by atoms with Crippen LogP contribution in [0.4, 0.5) is 0 Å². The van der Waals surface area contributed by atoms with Crippen LogP contribution < -0.4 is 0 Å². The third-order valence-electron chi connectivity index (χ3n) is 0.775. The van der Waals surface area contributed by atoms with Gasteiger partial charge in [-0.1, -0.05) is 0 Å². The molecule has 1 unspecified atom stereocenters. The molecule has 0 N–H and O–H groups in total. The molecule has 0 aromatic rings. The summed E-state index contributed by atoms with van der Waals surface area (Å²) in [7, 11) is 3.69. The van der Waals surface area contributed by atoms with Crippen LogP contribution in [-0.2, 0) is 0 Å². The maximum absolute atomic E-state index is 3.55. The van der Waals surface area contributed by atoms with Crippen molar-refractivity contribution < 1.29 is 0 Å². The zero-order chi connectivity index (χ0) is 5.15. The van der Waals surface area contributed by atoms with Gasteiger partial charge in [-0.2, -0.15) is 0 Å². The van der Waals surface area contributed by atoms with E-state index in [-0.39, 0.29) is 7.21 Å². The molecule has 2 heteroatoms. The second-order valence-electron chi connectivity index (χ2n) is 1.70. The van der Waals surface area contributed by atoms with Crippen LogP contribution in [0, 0.1) is 0 Å². The van der Waals surface area contributed by atoms with Gasteiger partial charge in [0.05, 0.1) is 6.66 Å². The van der Waals surface area contributed by atoms with Gasteiger partial charge in [0.1, 0.15) is 21.4 Å². The lowest BCUT2D eigenvalue weighted by Gasteiger charge is -1.84. The van der Waals surface area contributed by atoms with Crippen LogP contribution in [0.25, 0.3) is 0 Å². The Morgan fingerprint density at radius 1 is 1.50 bits per heavy atom. The standard InChI is InChI=1S/C4H11P2/c1-4(2)6(3)5/h4-5H,1-3H3/q+1. The predicted molar refractivity (Wildman–Crippen MR) is 36.3 cm³/mol. The topological polar surface area (TPSA) is 0 Å². The molecule has 36 valence electrons. The van der Waals surface area contributed by atoms with Crippen LogP contribution in [0.1, 0.15) is 13.8 Å². The molecule has 0 saturated heterocycles. The van der Waals surface area contributed by atoms with Crippen molar-refractivity contribution >= 4 is 15.7 Å². The first kappa shape index (κ1) is 6.60. The fraction of sp³-hybridized carbons (Fsp3) is 1.00. The van der Waals surface area contributed by atoms with E-state index in [1.54, 1.807) is 0 Å². The average Bonchev–Trinajstić information content (AvgIpc) is 1.36. The van der Waals surface area contributed by atoms with E-state index in [2.05, 4.69) is 29.0 Å². The summed E-state index contributed by atoms with van der Waals surface area (Å²) < 4.78 is 0. The van der Waals surface area contributed by atoms with E-state index in [0.29, 0.717) is 0 Å². The molecule has 0 heterocycles. The number of rotatable bonds is 1. The summed E-state index contributed by atoms with van der Waals surface area (Å²) in [6.07, 6.45) is 0. The highest BCUT2D eigenvalue weighted by atomic mass is 31.7. The molecule has 0 radical (unpaired) electrons. The summed E-state index contributed by atoms with van der Waals surface area (Å²) in [6.45, 7) is 6.66. The molecule has 6 heavy (non-hydrogen) atoms. The fourth-order valence-corrected chi connectivity index (χ4v) is 0. The van der Waals surface area contributed by atoms with Crippen molar-refractivity contribution in [2.45, 2.75) is 19.5 Å².